The molecule has 0 unspecified atom stereocenters. The number of benzene rings is 3. The minimum atomic E-state index is -0.537. The third-order valence-electron chi connectivity index (χ3n) is 4.29. The van der Waals surface area contributed by atoms with E-state index in [-0.39, 0.29) is 18.6 Å². The summed E-state index contributed by atoms with van der Waals surface area (Å²) in [6, 6.07) is 23.7. The van der Waals surface area contributed by atoms with Crippen LogP contribution < -0.4 is 5.32 Å². The van der Waals surface area contributed by atoms with Crippen LogP contribution >= 0.6 is 11.6 Å². The van der Waals surface area contributed by atoms with Crippen molar-refractivity contribution in [1.82, 2.24) is 5.32 Å². The first-order valence-electron chi connectivity index (χ1n) is 8.91. The molecule has 1 atom stereocenters. The molecule has 0 heterocycles. The van der Waals surface area contributed by atoms with Gasteiger partial charge in [-0.25, -0.2) is 4.79 Å². The van der Waals surface area contributed by atoms with Crippen LogP contribution in [0.15, 0.2) is 78.9 Å². The number of esters is 1. The summed E-state index contributed by atoms with van der Waals surface area (Å²) in [5, 5.41) is 3.40. The van der Waals surface area contributed by atoms with Crippen LogP contribution in [0.3, 0.4) is 0 Å². The standard InChI is InChI=1S/C23H20ClNO3/c1-16(18-10-7-11-19(24)14-18)25-22(26)15-28-23(27)21-13-6-5-12-20(21)17-8-3-2-4-9-17/h2-14,16H,15H2,1H3,(H,25,26)/t16-/m1/s1. The molecule has 1 amide bonds. The molecule has 0 saturated heterocycles. The van der Waals surface area contributed by atoms with E-state index in [0.717, 1.165) is 16.7 Å². The second kappa shape index (κ2) is 9.20. The first kappa shape index (κ1) is 19.6. The molecule has 0 aromatic heterocycles. The Morgan fingerprint density at radius 1 is 0.964 bits per heavy atom. The first-order valence-corrected chi connectivity index (χ1v) is 9.29. The van der Waals surface area contributed by atoms with E-state index in [0.29, 0.717) is 10.6 Å². The van der Waals surface area contributed by atoms with E-state index in [1.165, 1.54) is 0 Å². The van der Waals surface area contributed by atoms with Crippen molar-refractivity contribution >= 4 is 23.5 Å². The van der Waals surface area contributed by atoms with Gasteiger partial charge >= 0.3 is 5.97 Å². The van der Waals surface area contributed by atoms with Gasteiger partial charge in [0.25, 0.3) is 5.91 Å². The molecule has 0 aliphatic heterocycles. The molecular formula is C23H20ClNO3. The summed E-state index contributed by atoms with van der Waals surface area (Å²) in [4.78, 5) is 24.7. The van der Waals surface area contributed by atoms with Crippen LogP contribution in [0.1, 0.15) is 28.9 Å². The van der Waals surface area contributed by atoms with Crippen LogP contribution in [-0.2, 0) is 9.53 Å². The Kier molecular flexibility index (Phi) is 6.45. The average molecular weight is 394 g/mol. The highest BCUT2D eigenvalue weighted by Crippen LogP contribution is 2.24. The van der Waals surface area contributed by atoms with Crippen molar-refractivity contribution < 1.29 is 14.3 Å². The number of amides is 1. The van der Waals surface area contributed by atoms with E-state index in [1.54, 1.807) is 24.3 Å². The smallest absolute Gasteiger partial charge is 0.339 e. The maximum absolute atomic E-state index is 12.5. The minimum absolute atomic E-state index is 0.249. The molecular weight excluding hydrogens is 374 g/mol. The highest BCUT2D eigenvalue weighted by molar-refractivity contribution is 6.30. The zero-order valence-electron chi connectivity index (χ0n) is 15.4. The molecule has 3 aromatic carbocycles. The number of carbonyl (C=O) groups is 2. The zero-order chi connectivity index (χ0) is 19.9. The topological polar surface area (TPSA) is 55.4 Å². The van der Waals surface area contributed by atoms with E-state index in [2.05, 4.69) is 5.32 Å². The van der Waals surface area contributed by atoms with Crippen molar-refractivity contribution in [3.05, 3.63) is 95.0 Å². The van der Waals surface area contributed by atoms with E-state index < -0.39 is 5.97 Å². The predicted molar refractivity (Wildman–Crippen MR) is 110 cm³/mol. The van der Waals surface area contributed by atoms with Gasteiger partial charge in [0.15, 0.2) is 6.61 Å². The maximum atomic E-state index is 12.5. The number of halogens is 1. The summed E-state index contributed by atoms with van der Waals surface area (Å²) >= 11 is 5.98. The van der Waals surface area contributed by atoms with Crippen molar-refractivity contribution in [2.45, 2.75) is 13.0 Å². The van der Waals surface area contributed by atoms with Gasteiger partial charge in [0.1, 0.15) is 0 Å². The van der Waals surface area contributed by atoms with Crippen LogP contribution in [0, 0.1) is 0 Å². The van der Waals surface area contributed by atoms with Gasteiger partial charge in [-0.15, -0.1) is 0 Å². The van der Waals surface area contributed by atoms with E-state index in [9.17, 15) is 9.59 Å². The summed E-state index contributed by atoms with van der Waals surface area (Å²) in [7, 11) is 0. The summed E-state index contributed by atoms with van der Waals surface area (Å²) in [5.41, 5.74) is 2.97. The van der Waals surface area contributed by atoms with Crippen LogP contribution in [-0.4, -0.2) is 18.5 Å². The quantitative estimate of drug-likeness (QED) is 0.597. The molecule has 28 heavy (non-hydrogen) atoms. The summed E-state index contributed by atoms with van der Waals surface area (Å²) in [6.07, 6.45) is 0. The lowest BCUT2D eigenvalue weighted by Crippen LogP contribution is -2.31. The second-order valence-electron chi connectivity index (χ2n) is 6.33. The first-order chi connectivity index (χ1) is 13.5. The molecule has 3 aromatic rings. The third-order valence-corrected chi connectivity index (χ3v) is 4.53. The minimum Gasteiger partial charge on any atom is -0.452 e. The van der Waals surface area contributed by atoms with Gasteiger partial charge in [-0.05, 0) is 41.8 Å². The Bertz CT molecular complexity index is 972. The highest BCUT2D eigenvalue weighted by atomic mass is 35.5. The van der Waals surface area contributed by atoms with Gasteiger partial charge in [0.2, 0.25) is 0 Å². The molecule has 142 valence electrons. The van der Waals surface area contributed by atoms with Crippen LogP contribution in [0.5, 0.6) is 0 Å². The number of nitrogens with one attached hydrogen (secondary N) is 1. The molecule has 4 nitrogen and oxygen atoms in total. The molecule has 0 saturated carbocycles. The number of hydrogen-bond donors (Lipinski definition) is 1. The molecule has 0 fully saturated rings. The van der Waals surface area contributed by atoms with Gasteiger partial charge in [0.05, 0.1) is 11.6 Å². The second-order valence-corrected chi connectivity index (χ2v) is 6.77. The molecule has 0 aliphatic rings. The fourth-order valence-corrected chi connectivity index (χ4v) is 3.08. The average Bonchev–Trinajstić information content (AvgIpc) is 2.72. The Labute approximate surface area is 169 Å². The van der Waals surface area contributed by atoms with Crippen molar-refractivity contribution in [2.75, 3.05) is 6.61 Å². The largest absolute Gasteiger partial charge is 0.452 e. The normalized spacial score (nSPS) is 11.5. The number of rotatable bonds is 6. The van der Waals surface area contributed by atoms with Crippen molar-refractivity contribution in [2.24, 2.45) is 0 Å². The molecule has 0 bridgehead atoms. The van der Waals surface area contributed by atoms with Gasteiger partial charge in [0, 0.05) is 5.02 Å². The SMILES string of the molecule is C[C@@H](NC(=O)COC(=O)c1ccccc1-c1ccccc1)c1cccc(Cl)c1. The fraction of sp³-hybridized carbons (Fsp3) is 0.130. The molecule has 1 N–H and O–H groups in total. The van der Waals surface area contributed by atoms with Gasteiger partial charge < -0.3 is 10.1 Å². The lowest BCUT2D eigenvalue weighted by Gasteiger charge is -2.15. The molecule has 0 aliphatic carbocycles. The molecule has 3 rings (SSSR count). The van der Waals surface area contributed by atoms with E-state index in [1.807, 2.05) is 61.5 Å². The number of hydrogen-bond acceptors (Lipinski definition) is 3. The molecule has 0 spiro atoms. The summed E-state index contributed by atoms with van der Waals surface area (Å²) in [6.45, 7) is 1.49. The predicted octanol–water partition coefficient (Wildman–Crippen LogP) is 5.04. The zero-order valence-corrected chi connectivity index (χ0v) is 16.1. The maximum Gasteiger partial charge on any atom is 0.339 e. The van der Waals surface area contributed by atoms with Crippen LogP contribution in [0.25, 0.3) is 11.1 Å². The van der Waals surface area contributed by atoms with Crippen molar-refractivity contribution in [1.29, 1.82) is 0 Å². The Balaban J connectivity index is 1.62. The summed E-state index contributed by atoms with van der Waals surface area (Å²) in [5.74, 6) is -0.914. The third kappa shape index (κ3) is 4.99. The van der Waals surface area contributed by atoms with Gasteiger partial charge in [-0.1, -0.05) is 72.3 Å². The molecule has 0 radical (unpaired) electrons. The Morgan fingerprint density at radius 2 is 1.68 bits per heavy atom. The van der Waals surface area contributed by atoms with Crippen molar-refractivity contribution in [3.63, 3.8) is 0 Å². The fourth-order valence-electron chi connectivity index (χ4n) is 2.88. The van der Waals surface area contributed by atoms with Gasteiger partial charge in [-0.2, -0.15) is 0 Å². The highest BCUT2D eigenvalue weighted by Gasteiger charge is 2.16. The monoisotopic (exact) mass is 393 g/mol. The Hall–Kier alpha value is -3.11. The lowest BCUT2D eigenvalue weighted by atomic mass is 10.00. The Morgan fingerprint density at radius 3 is 2.43 bits per heavy atom. The molecule has 5 heteroatoms. The lowest BCUT2D eigenvalue weighted by molar-refractivity contribution is -0.124. The van der Waals surface area contributed by atoms with E-state index >= 15 is 0 Å². The number of ether oxygens (including phenoxy) is 1. The summed E-state index contributed by atoms with van der Waals surface area (Å²) < 4.78 is 5.24. The van der Waals surface area contributed by atoms with Crippen molar-refractivity contribution in [3.8, 4) is 11.1 Å². The van der Waals surface area contributed by atoms with Crippen LogP contribution in [0.2, 0.25) is 5.02 Å². The van der Waals surface area contributed by atoms with Gasteiger partial charge in [-0.3, -0.25) is 4.79 Å². The van der Waals surface area contributed by atoms with Crippen LogP contribution in [0.4, 0.5) is 0 Å². The van der Waals surface area contributed by atoms with E-state index in [4.69, 9.17) is 16.3 Å². The number of carbonyl (C=O) groups excluding carboxylic acids is 2.